The molecule has 1 aromatic carbocycles. The Morgan fingerprint density at radius 2 is 1.94 bits per heavy atom. The highest BCUT2D eigenvalue weighted by Crippen LogP contribution is 2.16. The molecule has 3 rings (SSSR count). The fraction of sp³-hybridized carbons (Fsp3) is 0.0833. The van der Waals surface area contributed by atoms with Crippen LogP contribution in [0.15, 0.2) is 36.8 Å². The molecular weight excluding hydrogens is 233 g/mol. The van der Waals surface area contributed by atoms with Crippen LogP contribution >= 0.6 is 0 Å². The summed E-state index contributed by atoms with van der Waals surface area (Å²) in [5.74, 6) is 0.154. The van der Waals surface area contributed by atoms with Crippen LogP contribution in [0.2, 0.25) is 0 Å². The smallest absolute Gasteiger partial charge is 0.163 e. The molecular formula is C12H10FN5. The Labute approximate surface area is 102 Å². The van der Waals surface area contributed by atoms with Crippen molar-refractivity contribution < 1.29 is 4.39 Å². The third kappa shape index (κ3) is 1.77. The van der Waals surface area contributed by atoms with Crippen LogP contribution in [-0.2, 0) is 6.54 Å². The minimum Gasteiger partial charge on any atom is -0.383 e. The van der Waals surface area contributed by atoms with Gasteiger partial charge in [-0.15, -0.1) is 0 Å². The fourth-order valence-corrected chi connectivity index (χ4v) is 1.79. The van der Waals surface area contributed by atoms with Crippen LogP contribution in [-0.4, -0.2) is 19.7 Å². The largest absolute Gasteiger partial charge is 0.383 e. The van der Waals surface area contributed by atoms with E-state index in [-0.39, 0.29) is 5.82 Å². The Kier molecular flexibility index (Phi) is 2.40. The minimum absolute atomic E-state index is 0.254. The highest BCUT2D eigenvalue weighted by molar-refractivity contribution is 5.84. The van der Waals surface area contributed by atoms with E-state index < -0.39 is 0 Å². The van der Waals surface area contributed by atoms with Crippen molar-refractivity contribution >= 4 is 16.9 Å². The number of halogens is 1. The quantitative estimate of drug-likeness (QED) is 0.742. The molecule has 0 bridgehead atoms. The van der Waals surface area contributed by atoms with Crippen LogP contribution in [0.5, 0.6) is 0 Å². The molecule has 0 atom stereocenters. The maximum absolute atomic E-state index is 12.8. The first-order valence-corrected chi connectivity index (χ1v) is 5.40. The Hall–Kier alpha value is -2.50. The molecule has 2 N–H and O–H groups in total. The van der Waals surface area contributed by atoms with Crippen molar-refractivity contribution in [2.75, 3.05) is 5.73 Å². The third-order valence-corrected chi connectivity index (χ3v) is 2.71. The van der Waals surface area contributed by atoms with Gasteiger partial charge in [0.15, 0.2) is 5.65 Å². The molecule has 3 aromatic rings. The van der Waals surface area contributed by atoms with E-state index in [2.05, 4.69) is 15.1 Å². The number of nitrogens with two attached hydrogens (primary N) is 1. The van der Waals surface area contributed by atoms with Crippen LogP contribution in [0.1, 0.15) is 5.56 Å². The topological polar surface area (TPSA) is 69.6 Å². The second kappa shape index (κ2) is 4.06. The lowest BCUT2D eigenvalue weighted by Crippen LogP contribution is -2.03. The molecule has 0 aliphatic carbocycles. The zero-order valence-corrected chi connectivity index (χ0v) is 9.42. The van der Waals surface area contributed by atoms with Crippen LogP contribution in [0.3, 0.4) is 0 Å². The molecule has 0 spiro atoms. The second-order valence-electron chi connectivity index (χ2n) is 3.92. The van der Waals surface area contributed by atoms with Gasteiger partial charge in [0.25, 0.3) is 0 Å². The minimum atomic E-state index is -0.254. The Morgan fingerprint density at radius 3 is 2.72 bits per heavy atom. The normalized spacial score (nSPS) is 10.9. The lowest BCUT2D eigenvalue weighted by atomic mass is 10.2. The van der Waals surface area contributed by atoms with Gasteiger partial charge < -0.3 is 5.73 Å². The molecule has 0 fully saturated rings. The molecule has 0 unspecified atom stereocenters. The molecule has 0 saturated carbocycles. The van der Waals surface area contributed by atoms with Crippen LogP contribution in [0.4, 0.5) is 10.2 Å². The number of fused-ring (bicyclic) bond motifs is 1. The van der Waals surface area contributed by atoms with E-state index in [1.807, 2.05) is 0 Å². The van der Waals surface area contributed by atoms with Gasteiger partial charge in [-0.2, -0.15) is 5.10 Å². The lowest BCUT2D eigenvalue weighted by Gasteiger charge is -2.03. The summed E-state index contributed by atoms with van der Waals surface area (Å²) in [7, 11) is 0. The van der Waals surface area contributed by atoms with E-state index in [0.717, 1.165) is 10.9 Å². The number of hydrogen-bond acceptors (Lipinski definition) is 4. The summed E-state index contributed by atoms with van der Waals surface area (Å²) in [6, 6.07) is 6.27. The number of nitrogens with zero attached hydrogens (tertiary/aromatic N) is 4. The highest BCUT2D eigenvalue weighted by atomic mass is 19.1. The summed E-state index contributed by atoms with van der Waals surface area (Å²) in [6.45, 7) is 0.514. The summed E-state index contributed by atoms with van der Waals surface area (Å²) in [5, 5.41) is 4.94. The first kappa shape index (κ1) is 10.6. The summed E-state index contributed by atoms with van der Waals surface area (Å²) in [4.78, 5) is 8.05. The van der Waals surface area contributed by atoms with Gasteiger partial charge in [0.2, 0.25) is 0 Å². The zero-order valence-electron chi connectivity index (χ0n) is 9.42. The van der Waals surface area contributed by atoms with Gasteiger partial charge in [-0.1, -0.05) is 12.1 Å². The Balaban J connectivity index is 2.00. The van der Waals surface area contributed by atoms with Crippen LogP contribution in [0, 0.1) is 5.82 Å². The van der Waals surface area contributed by atoms with Gasteiger partial charge in [-0.3, -0.25) is 0 Å². The Morgan fingerprint density at radius 1 is 1.17 bits per heavy atom. The number of rotatable bonds is 2. The predicted molar refractivity (Wildman–Crippen MR) is 65.2 cm³/mol. The number of hydrogen-bond donors (Lipinski definition) is 1. The second-order valence-corrected chi connectivity index (χ2v) is 3.92. The molecule has 0 aliphatic rings. The van der Waals surface area contributed by atoms with E-state index in [4.69, 9.17) is 5.73 Å². The van der Waals surface area contributed by atoms with Gasteiger partial charge >= 0.3 is 0 Å². The predicted octanol–water partition coefficient (Wildman–Crippen LogP) is 1.60. The van der Waals surface area contributed by atoms with E-state index in [1.54, 1.807) is 23.0 Å². The molecule has 6 heteroatoms. The van der Waals surface area contributed by atoms with Crippen LogP contribution in [0.25, 0.3) is 11.0 Å². The van der Waals surface area contributed by atoms with Crippen molar-refractivity contribution in [2.24, 2.45) is 0 Å². The summed E-state index contributed by atoms with van der Waals surface area (Å²) >= 11 is 0. The molecule has 0 radical (unpaired) electrons. The number of aromatic nitrogens is 4. The maximum Gasteiger partial charge on any atom is 0.163 e. The third-order valence-electron chi connectivity index (χ3n) is 2.71. The van der Waals surface area contributed by atoms with Gasteiger partial charge in [0.05, 0.1) is 18.1 Å². The van der Waals surface area contributed by atoms with Crippen molar-refractivity contribution in [1.82, 2.24) is 19.7 Å². The van der Waals surface area contributed by atoms with Gasteiger partial charge in [-0.05, 0) is 17.7 Å². The maximum atomic E-state index is 12.8. The van der Waals surface area contributed by atoms with E-state index >= 15 is 0 Å². The van der Waals surface area contributed by atoms with Crippen molar-refractivity contribution in [3.05, 3.63) is 48.2 Å². The summed E-state index contributed by atoms with van der Waals surface area (Å²) in [5.41, 5.74) is 7.34. The number of anilines is 1. The molecule has 18 heavy (non-hydrogen) atoms. The molecule has 2 aromatic heterocycles. The number of nitrogen functional groups attached to an aromatic ring is 1. The highest BCUT2D eigenvalue weighted by Gasteiger charge is 2.07. The van der Waals surface area contributed by atoms with Crippen LogP contribution < -0.4 is 5.73 Å². The molecule has 5 nitrogen and oxygen atoms in total. The zero-order chi connectivity index (χ0) is 12.5. The fourth-order valence-electron chi connectivity index (χ4n) is 1.79. The first-order valence-electron chi connectivity index (χ1n) is 5.40. The van der Waals surface area contributed by atoms with Crippen molar-refractivity contribution in [2.45, 2.75) is 6.54 Å². The lowest BCUT2D eigenvalue weighted by molar-refractivity contribution is 0.625. The molecule has 2 heterocycles. The standard InChI is InChI=1S/C12H10FN5/c13-9-3-1-8(2-4-9)6-18-12-10(5-17-18)11(14)15-7-16-12/h1-5,7H,6H2,(H2,14,15,16). The van der Waals surface area contributed by atoms with E-state index in [9.17, 15) is 4.39 Å². The van der Waals surface area contributed by atoms with Gasteiger partial charge in [-0.25, -0.2) is 19.0 Å². The number of benzene rings is 1. The average Bonchev–Trinajstić information content (AvgIpc) is 2.77. The first-order chi connectivity index (χ1) is 8.74. The molecule has 0 amide bonds. The average molecular weight is 243 g/mol. The molecule has 90 valence electrons. The van der Waals surface area contributed by atoms with E-state index in [1.165, 1.54) is 18.5 Å². The van der Waals surface area contributed by atoms with Gasteiger partial charge in [0, 0.05) is 0 Å². The Bertz CT molecular complexity index is 689. The van der Waals surface area contributed by atoms with Gasteiger partial charge in [0.1, 0.15) is 18.0 Å². The SMILES string of the molecule is Nc1ncnc2c1cnn2Cc1ccc(F)cc1. The molecule has 0 aliphatic heterocycles. The van der Waals surface area contributed by atoms with Crippen molar-refractivity contribution in [3.63, 3.8) is 0 Å². The van der Waals surface area contributed by atoms with Crippen molar-refractivity contribution in [3.8, 4) is 0 Å². The summed E-state index contributed by atoms with van der Waals surface area (Å²) in [6.07, 6.45) is 3.04. The monoisotopic (exact) mass is 243 g/mol. The molecule has 0 saturated heterocycles. The van der Waals surface area contributed by atoms with E-state index in [0.29, 0.717) is 18.0 Å². The van der Waals surface area contributed by atoms with Crippen molar-refractivity contribution in [1.29, 1.82) is 0 Å². The summed E-state index contributed by atoms with van der Waals surface area (Å²) < 4.78 is 14.5.